The van der Waals surface area contributed by atoms with Gasteiger partial charge in [0.1, 0.15) is 17.8 Å². The Balaban J connectivity index is 0.000000286. The molecular weight excluding hydrogens is 400 g/mol. The molecule has 2 fully saturated rings. The second kappa shape index (κ2) is 18.4. The van der Waals surface area contributed by atoms with Crippen molar-refractivity contribution < 1.29 is 0 Å². The van der Waals surface area contributed by atoms with Crippen molar-refractivity contribution in [3.63, 3.8) is 0 Å². The molecule has 0 aromatic carbocycles. The minimum absolute atomic E-state index is 0.636. The average molecular weight is 449 g/mol. The van der Waals surface area contributed by atoms with Crippen LogP contribution in [0.25, 0.3) is 11.0 Å². The van der Waals surface area contributed by atoms with Gasteiger partial charge < -0.3 is 9.88 Å². The van der Waals surface area contributed by atoms with Crippen LogP contribution in [0.2, 0.25) is 0 Å². The Kier molecular flexibility index (Phi) is 16.5. The molecule has 2 aliphatic rings. The number of aromatic amines is 1. The van der Waals surface area contributed by atoms with Gasteiger partial charge in [0.05, 0.1) is 5.39 Å². The molecule has 0 spiro atoms. The zero-order valence-electron chi connectivity index (χ0n) is 21.0. The fourth-order valence-electron chi connectivity index (χ4n) is 4.20. The number of hydrogen-bond donors (Lipinski definition) is 1. The molecule has 2 aromatic rings. The molecule has 2 aromatic heterocycles. The maximum atomic E-state index is 4.45. The molecule has 0 aliphatic heterocycles. The first-order valence-electron chi connectivity index (χ1n) is 12.6. The van der Waals surface area contributed by atoms with Crippen LogP contribution < -0.4 is 4.90 Å². The highest BCUT2D eigenvalue weighted by molar-refractivity contribution is 7.97. The smallest absolute Gasteiger partial charge is 0.142 e. The van der Waals surface area contributed by atoms with E-state index in [1.807, 2.05) is 18.7 Å². The van der Waals surface area contributed by atoms with E-state index < -0.39 is 0 Å². The van der Waals surface area contributed by atoms with Crippen molar-refractivity contribution in [1.82, 2.24) is 15.0 Å². The van der Waals surface area contributed by atoms with Gasteiger partial charge >= 0.3 is 0 Å². The number of hydrogen-bond acceptors (Lipinski definition) is 4. The molecule has 0 radical (unpaired) electrons. The largest absolute Gasteiger partial charge is 0.356 e. The SMILES string of the molecule is C1CCCCCCC1.CCC.CN(c1ncnc2[nH]ccc12)C1CCCCC1.CSC. The maximum Gasteiger partial charge on any atom is 0.142 e. The number of thioether (sulfide) groups is 1. The van der Waals surface area contributed by atoms with Gasteiger partial charge in [0, 0.05) is 19.3 Å². The summed E-state index contributed by atoms with van der Waals surface area (Å²) in [5, 5.41) is 1.13. The summed E-state index contributed by atoms with van der Waals surface area (Å²) in [6, 6.07) is 2.70. The number of aromatic nitrogens is 3. The van der Waals surface area contributed by atoms with Gasteiger partial charge in [-0.1, -0.05) is 90.9 Å². The Labute approximate surface area is 196 Å². The van der Waals surface area contributed by atoms with E-state index in [4.69, 9.17) is 0 Å². The van der Waals surface area contributed by atoms with Crippen molar-refractivity contribution in [2.75, 3.05) is 24.5 Å². The Morgan fingerprint density at radius 1 is 0.871 bits per heavy atom. The van der Waals surface area contributed by atoms with E-state index in [0.29, 0.717) is 6.04 Å². The van der Waals surface area contributed by atoms with Crippen LogP contribution in [0.5, 0.6) is 0 Å². The summed E-state index contributed by atoms with van der Waals surface area (Å²) in [5.41, 5.74) is 0.928. The lowest BCUT2D eigenvalue weighted by Crippen LogP contribution is -2.34. The van der Waals surface area contributed by atoms with Crippen molar-refractivity contribution >= 4 is 28.6 Å². The number of anilines is 1. The molecule has 0 amide bonds. The Hall–Kier alpha value is -1.23. The first-order chi connectivity index (χ1) is 15.2. The predicted molar refractivity (Wildman–Crippen MR) is 142 cm³/mol. The topological polar surface area (TPSA) is 44.8 Å². The summed E-state index contributed by atoms with van der Waals surface area (Å²) < 4.78 is 0. The van der Waals surface area contributed by atoms with Gasteiger partial charge in [0.25, 0.3) is 0 Å². The third-order valence-corrected chi connectivity index (χ3v) is 5.79. The Bertz CT molecular complexity index is 626. The van der Waals surface area contributed by atoms with Gasteiger partial charge in [-0.3, -0.25) is 0 Å². The van der Waals surface area contributed by atoms with E-state index in [-0.39, 0.29) is 0 Å². The predicted octanol–water partition coefficient (Wildman–Crippen LogP) is 8.24. The number of nitrogens with one attached hydrogen (secondary N) is 1. The van der Waals surface area contributed by atoms with Gasteiger partial charge in [-0.2, -0.15) is 11.8 Å². The monoisotopic (exact) mass is 448 g/mol. The summed E-state index contributed by atoms with van der Waals surface area (Å²) in [6.07, 6.45) is 27.5. The molecule has 2 aliphatic carbocycles. The van der Waals surface area contributed by atoms with Crippen molar-refractivity contribution in [3.05, 3.63) is 18.6 Å². The van der Waals surface area contributed by atoms with Crippen LogP contribution in [0.4, 0.5) is 5.82 Å². The Morgan fingerprint density at radius 2 is 1.32 bits per heavy atom. The molecule has 0 atom stereocenters. The second-order valence-corrected chi connectivity index (χ2v) is 9.60. The zero-order chi connectivity index (χ0) is 22.7. The third-order valence-electron chi connectivity index (χ3n) is 5.79. The molecule has 1 N–H and O–H groups in total. The molecule has 0 unspecified atom stereocenters. The van der Waals surface area contributed by atoms with Gasteiger partial charge in [0.2, 0.25) is 0 Å². The van der Waals surface area contributed by atoms with Crippen molar-refractivity contribution in [1.29, 1.82) is 0 Å². The lowest BCUT2D eigenvalue weighted by Gasteiger charge is -2.32. The fraction of sp³-hybridized carbons (Fsp3) is 0.769. The first kappa shape index (κ1) is 27.8. The maximum absolute atomic E-state index is 4.45. The fourth-order valence-corrected chi connectivity index (χ4v) is 4.20. The van der Waals surface area contributed by atoms with E-state index in [1.54, 1.807) is 18.1 Å². The van der Waals surface area contributed by atoms with Gasteiger partial charge in [-0.05, 0) is 31.4 Å². The normalized spacial score (nSPS) is 16.9. The molecule has 2 saturated carbocycles. The molecular formula is C26H48N4S. The molecule has 5 heteroatoms. The molecule has 0 bridgehead atoms. The van der Waals surface area contributed by atoms with E-state index in [0.717, 1.165) is 16.9 Å². The van der Waals surface area contributed by atoms with Crippen LogP contribution in [0.15, 0.2) is 18.6 Å². The molecule has 4 nitrogen and oxygen atoms in total. The summed E-state index contributed by atoms with van der Waals surface area (Å²) in [6.45, 7) is 4.25. The van der Waals surface area contributed by atoms with Gasteiger partial charge in [-0.15, -0.1) is 0 Å². The molecule has 0 saturated heterocycles. The number of fused-ring (bicyclic) bond motifs is 1. The summed E-state index contributed by atoms with van der Waals surface area (Å²) >= 11 is 1.75. The average Bonchev–Trinajstić information content (AvgIpc) is 3.24. The van der Waals surface area contributed by atoms with E-state index in [1.165, 1.54) is 89.9 Å². The highest BCUT2D eigenvalue weighted by atomic mass is 32.2. The summed E-state index contributed by atoms with van der Waals surface area (Å²) in [7, 11) is 2.16. The summed E-state index contributed by atoms with van der Waals surface area (Å²) in [4.78, 5) is 14.2. The number of H-pyrrole nitrogens is 1. The third kappa shape index (κ3) is 11.3. The van der Waals surface area contributed by atoms with E-state index in [9.17, 15) is 0 Å². The molecule has 178 valence electrons. The van der Waals surface area contributed by atoms with Gasteiger partial charge in [-0.25, -0.2) is 9.97 Å². The highest BCUT2D eigenvalue weighted by Gasteiger charge is 2.20. The van der Waals surface area contributed by atoms with Crippen molar-refractivity contribution in [2.24, 2.45) is 0 Å². The van der Waals surface area contributed by atoms with Crippen molar-refractivity contribution in [3.8, 4) is 0 Å². The quantitative estimate of drug-likeness (QED) is 0.502. The number of rotatable bonds is 2. The van der Waals surface area contributed by atoms with Crippen LogP contribution in [-0.4, -0.2) is 40.6 Å². The van der Waals surface area contributed by atoms with Crippen LogP contribution in [-0.2, 0) is 0 Å². The van der Waals surface area contributed by atoms with Crippen LogP contribution in [0, 0.1) is 0 Å². The van der Waals surface area contributed by atoms with Crippen LogP contribution >= 0.6 is 11.8 Å². The van der Waals surface area contributed by atoms with Gasteiger partial charge in [0.15, 0.2) is 0 Å². The highest BCUT2D eigenvalue weighted by Crippen LogP contribution is 2.28. The number of nitrogens with zero attached hydrogens (tertiary/aromatic N) is 3. The first-order valence-corrected chi connectivity index (χ1v) is 14.2. The molecule has 2 heterocycles. The van der Waals surface area contributed by atoms with Crippen molar-refractivity contribution in [2.45, 2.75) is 110 Å². The standard InChI is InChI=1S/C13H18N4.C8H16.C3H8.C2H6S/c1-17(10-5-3-2-4-6-10)13-11-7-8-14-12(11)15-9-16-13;1-2-4-6-8-7-5-3-1;2*1-3-2/h7-10H,2-6H2,1H3,(H,14,15,16);1-8H2;3H2,1-2H3;1-2H3. The van der Waals surface area contributed by atoms with Crippen LogP contribution in [0.1, 0.15) is 104 Å². The van der Waals surface area contributed by atoms with E-state index >= 15 is 0 Å². The summed E-state index contributed by atoms with van der Waals surface area (Å²) in [5.74, 6) is 1.06. The second-order valence-electron chi connectivity index (χ2n) is 8.78. The minimum atomic E-state index is 0.636. The lowest BCUT2D eigenvalue weighted by atomic mass is 9.94. The molecule has 4 rings (SSSR count). The lowest BCUT2D eigenvalue weighted by molar-refractivity contribution is 0.426. The minimum Gasteiger partial charge on any atom is -0.356 e. The zero-order valence-corrected chi connectivity index (χ0v) is 21.8. The molecule has 31 heavy (non-hydrogen) atoms. The van der Waals surface area contributed by atoms with E-state index in [2.05, 4.69) is 46.8 Å². The van der Waals surface area contributed by atoms with Crippen LogP contribution in [0.3, 0.4) is 0 Å². The Morgan fingerprint density at radius 3 is 1.81 bits per heavy atom.